The first-order chi connectivity index (χ1) is 15.5. The van der Waals surface area contributed by atoms with Crippen molar-refractivity contribution in [3.63, 3.8) is 0 Å². The van der Waals surface area contributed by atoms with Crippen LogP contribution in [0.4, 0.5) is 0 Å². The van der Waals surface area contributed by atoms with E-state index in [9.17, 15) is 13.2 Å². The van der Waals surface area contributed by atoms with Gasteiger partial charge in [-0.3, -0.25) is 4.79 Å². The van der Waals surface area contributed by atoms with Gasteiger partial charge in [-0.2, -0.15) is 4.31 Å². The van der Waals surface area contributed by atoms with Crippen molar-refractivity contribution in [3.05, 3.63) is 41.5 Å². The van der Waals surface area contributed by atoms with Crippen LogP contribution in [0.2, 0.25) is 0 Å². The van der Waals surface area contributed by atoms with E-state index in [1.54, 1.807) is 24.3 Å². The second-order valence-corrected chi connectivity index (χ2v) is 11.1. The lowest BCUT2D eigenvalue weighted by Gasteiger charge is -2.32. The topological polar surface area (TPSA) is 88.4 Å². The third kappa shape index (κ3) is 4.08. The number of carbonyl (C=O) groups excluding carboxylic acids is 1. The Bertz CT molecular complexity index is 1070. The highest BCUT2D eigenvalue weighted by atomic mass is 32.2. The Kier molecular flexibility index (Phi) is 6.03. The summed E-state index contributed by atoms with van der Waals surface area (Å²) in [5.74, 6) is 2.25. The third-order valence-electron chi connectivity index (χ3n) is 7.02. The number of piperidine rings is 1. The largest absolute Gasteiger partial charge is 0.338 e. The molecule has 3 aliphatic heterocycles. The molecule has 4 heterocycles. The van der Waals surface area contributed by atoms with Gasteiger partial charge in [-0.25, -0.2) is 8.42 Å². The summed E-state index contributed by atoms with van der Waals surface area (Å²) in [7, 11) is -3.47. The number of benzene rings is 1. The summed E-state index contributed by atoms with van der Waals surface area (Å²) < 4.78 is 29.3. The maximum atomic E-state index is 13.2. The van der Waals surface area contributed by atoms with Gasteiger partial charge in [-0.15, -0.1) is 10.2 Å². The molecule has 0 bridgehead atoms. The van der Waals surface area contributed by atoms with Crippen molar-refractivity contribution in [1.29, 1.82) is 0 Å². The average Bonchev–Trinajstić information content (AvgIpc) is 3.45. The predicted octanol–water partition coefficient (Wildman–Crippen LogP) is 2.81. The van der Waals surface area contributed by atoms with Crippen LogP contribution in [-0.4, -0.2) is 64.5 Å². The summed E-state index contributed by atoms with van der Waals surface area (Å²) in [5, 5.41) is 8.94. The lowest BCUT2D eigenvalue weighted by molar-refractivity contribution is 0.0703. The molecular formula is C23H31N5O3S. The fraction of sp³-hybridized carbons (Fsp3) is 0.609. The predicted molar refractivity (Wildman–Crippen MR) is 120 cm³/mol. The van der Waals surface area contributed by atoms with Crippen molar-refractivity contribution in [2.45, 2.75) is 68.7 Å². The van der Waals surface area contributed by atoms with E-state index in [-0.39, 0.29) is 16.7 Å². The molecular weight excluding hydrogens is 426 g/mol. The molecule has 2 fully saturated rings. The van der Waals surface area contributed by atoms with Gasteiger partial charge in [-0.05, 0) is 62.8 Å². The molecule has 0 N–H and O–H groups in total. The lowest BCUT2D eigenvalue weighted by atomic mass is 9.96. The van der Waals surface area contributed by atoms with Gasteiger partial charge in [0, 0.05) is 50.6 Å². The van der Waals surface area contributed by atoms with Crippen LogP contribution in [0, 0.1) is 0 Å². The number of hydrogen-bond donors (Lipinski definition) is 0. The number of nitrogens with zero attached hydrogens (tertiary/aromatic N) is 5. The van der Waals surface area contributed by atoms with Crippen molar-refractivity contribution >= 4 is 15.9 Å². The van der Waals surface area contributed by atoms with Gasteiger partial charge < -0.3 is 9.47 Å². The van der Waals surface area contributed by atoms with E-state index < -0.39 is 10.0 Å². The molecule has 3 aliphatic rings. The molecule has 2 aromatic rings. The van der Waals surface area contributed by atoms with Gasteiger partial charge in [-0.1, -0.05) is 6.42 Å². The van der Waals surface area contributed by atoms with E-state index in [1.165, 1.54) is 10.7 Å². The highest BCUT2D eigenvalue weighted by molar-refractivity contribution is 7.89. The van der Waals surface area contributed by atoms with Crippen LogP contribution >= 0.6 is 0 Å². The Hall–Kier alpha value is -2.26. The van der Waals surface area contributed by atoms with Crippen LogP contribution < -0.4 is 0 Å². The van der Waals surface area contributed by atoms with Crippen molar-refractivity contribution < 1.29 is 13.2 Å². The summed E-state index contributed by atoms with van der Waals surface area (Å²) in [4.78, 5) is 15.3. The van der Waals surface area contributed by atoms with Gasteiger partial charge in [0.1, 0.15) is 11.6 Å². The van der Waals surface area contributed by atoms with Gasteiger partial charge in [0.2, 0.25) is 10.0 Å². The van der Waals surface area contributed by atoms with Gasteiger partial charge >= 0.3 is 0 Å². The van der Waals surface area contributed by atoms with Crippen LogP contribution in [0.3, 0.4) is 0 Å². The van der Waals surface area contributed by atoms with E-state index >= 15 is 0 Å². The molecule has 172 valence electrons. The molecule has 0 aliphatic carbocycles. The van der Waals surface area contributed by atoms with Gasteiger partial charge in [0.05, 0.1) is 4.90 Å². The zero-order chi connectivity index (χ0) is 22.1. The van der Waals surface area contributed by atoms with Crippen molar-refractivity contribution in [2.75, 3.05) is 26.2 Å². The minimum Gasteiger partial charge on any atom is -0.338 e. The standard InChI is InChI=1S/C23H31N5O3S/c29-23(18-9-11-20(12-10-18)32(30,31)27-14-4-5-15-27)26-13-6-7-19(17-26)22-25-24-21-8-2-1-3-16-28(21)22/h9-12,19H,1-8,13-17H2/t19-/m0/s1. The fourth-order valence-electron chi connectivity index (χ4n) is 5.21. The number of rotatable bonds is 4. The van der Waals surface area contributed by atoms with E-state index in [4.69, 9.17) is 0 Å². The fourth-order valence-corrected chi connectivity index (χ4v) is 6.73. The van der Waals surface area contributed by atoms with Gasteiger partial charge in [0.25, 0.3) is 5.91 Å². The molecule has 0 radical (unpaired) electrons. The minimum atomic E-state index is -3.47. The van der Waals surface area contributed by atoms with Crippen LogP contribution in [0.15, 0.2) is 29.2 Å². The average molecular weight is 458 g/mol. The number of carbonyl (C=O) groups is 1. The molecule has 8 nitrogen and oxygen atoms in total. The summed E-state index contributed by atoms with van der Waals surface area (Å²) in [6.45, 7) is 3.46. The highest BCUT2D eigenvalue weighted by Gasteiger charge is 2.31. The summed E-state index contributed by atoms with van der Waals surface area (Å²) in [5.41, 5.74) is 0.533. The first-order valence-electron chi connectivity index (χ1n) is 11.9. The molecule has 0 spiro atoms. The Morgan fingerprint density at radius 2 is 1.62 bits per heavy atom. The molecule has 9 heteroatoms. The zero-order valence-electron chi connectivity index (χ0n) is 18.4. The van der Waals surface area contributed by atoms with Crippen LogP contribution in [0.5, 0.6) is 0 Å². The third-order valence-corrected chi connectivity index (χ3v) is 8.93. The molecule has 1 aromatic heterocycles. The molecule has 1 aromatic carbocycles. The lowest BCUT2D eigenvalue weighted by Crippen LogP contribution is -2.39. The molecule has 2 saturated heterocycles. The summed E-state index contributed by atoms with van der Waals surface area (Å²) in [6.07, 6.45) is 8.27. The van der Waals surface area contributed by atoms with E-state index in [1.807, 2.05) is 4.90 Å². The number of aromatic nitrogens is 3. The van der Waals surface area contributed by atoms with Crippen molar-refractivity contribution in [3.8, 4) is 0 Å². The van der Waals surface area contributed by atoms with Crippen LogP contribution in [-0.2, 0) is 23.0 Å². The summed E-state index contributed by atoms with van der Waals surface area (Å²) >= 11 is 0. The zero-order valence-corrected chi connectivity index (χ0v) is 19.3. The quantitative estimate of drug-likeness (QED) is 0.704. The molecule has 1 atom stereocenters. The number of likely N-dealkylation sites (tertiary alicyclic amines) is 1. The molecule has 5 rings (SSSR count). The number of aryl methyl sites for hydroxylation is 1. The summed E-state index contributed by atoms with van der Waals surface area (Å²) in [6, 6.07) is 6.44. The van der Waals surface area contributed by atoms with Crippen LogP contribution in [0.1, 0.15) is 72.9 Å². The normalized spacial score (nSPS) is 22.5. The molecule has 32 heavy (non-hydrogen) atoms. The smallest absolute Gasteiger partial charge is 0.253 e. The first kappa shape index (κ1) is 21.6. The number of amides is 1. The van der Waals surface area contributed by atoms with E-state index in [0.29, 0.717) is 31.7 Å². The molecule has 0 saturated carbocycles. The number of hydrogen-bond acceptors (Lipinski definition) is 5. The Labute approximate surface area is 189 Å². The maximum absolute atomic E-state index is 13.2. The first-order valence-corrected chi connectivity index (χ1v) is 13.3. The second-order valence-electron chi connectivity index (χ2n) is 9.16. The number of fused-ring (bicyclic) bond motifs is 1. The monoisotopic (exact) mass is 457 g/mol. The Morgan fingerprint density at radius 3 is 2.41 bits per heavy atom. The second kappa shape index (κ2) is 8.94. The molecule has 1 amide bonds. The Balaban J connectivity index is 1.30. The van der Waals surface area contributed by atoms with Crippen LogP contribution in [0.25, 0.3) is 0 Å². The molecule has 0 unspecified atom stereocenters. The Morgan fingerprint density at radius 1 is 0.875 bits per heavy atom. The van der Waals surface area contributed by atoms with E-state index in [0.717, 1.165) is 63.1 Å². The highest BCUT2D eigenvalue weighted by Crippen LogP contribution is 2.29. The van der Waals surface area contributed by atoms with E-state index in [2.05, 4.69) is 14.8 Å². The van der Waals surface area contributed by atoms with Gasteiger partial charge in [0.15, 0.2) is 0 Å². The SMILES string of the molecule is O=C(c1ccc(S(=O)(=O)N2CCCC2)cc1)N1CCC[C@H](c2nnc3n2CCCCC3)C1. The van der Waals surface area contributed by atoms with Crippen molar-refractivity contribution in [2.24, 2.45) is 0 Å². The maximum Gasteiger partial charge on any atom is 0.253 e. The minimum absolute atomic E-state index is 0.0459. The number of sulfonamides is 1. The van der Waals surface area contributed by atoms with Crippen molar-refractivity contribution in [1.82, 2.24) is 24.0 Å².